The second-order valence-corrected chi connectivity index (χ2v) is 16.7. The van der Waals surface area contributed by atoms with Crippen LogP contribution in [0.3, 0.4) is 0 Å². The number of nitrogens with zero attached hydrogens (tertiary/aromatic N) is 1. The van der Waals surface area contributed by atoms with Crippen LogP contribution in [0, 0.1) is 6.07 Å². The molecule has 0 aliphatic rings. The number of benzene rings is 10. The zero-order chi connectivity index (χ0) is 44.1. The van der Waals surface area contributed by atoms with Crippen LogP contribution in [0.4, 0.5) is 0 Å². The van der Waals surface area contributed by atoms with Crippen molar-refractivity contribution in [3.8, 4) is 111 Å². The van der Waals surface area contributed by atoms with Crippen LogP contribution in [0.1, 0.15) is 0 Å². The first kappa shape index (κ1) is 42.9. The number of rotatable bonds is 10. The Morgan fingerprint density at radius 1 is 0.224 bits per heavy atom. The van der Waals surface area contributed by atoms with Gasteiger partial charge in [0.25, 0.3) is 0 Å². The van der Waals surface area contributed by atoms with Crippen LogP contribution in [0.2, 0.25) is 0 Å². The molecule has 1 radical (unpaired) electrons. The van der Waals surface area contributed by atoms with Gasteiger partial charge in [0, 0.05) is 26.3 Å². The maximum absolute atomic E-state index is 4.50. The van der Waals surface area contributed by atoms with Crippen LogP contribution >= 0.6 is 0 Å². The predicted molar refractivity (Wildman–Crippen MR) is 277 cm³/mol. The van der Waals surface area contributed by atoms with Gasteiger partial charge in [-0.2, -0.15) is 0 Å². The molecule has 0 bridgehead atoms. The van der Waals surface area contributed by atoms with Crippen molar-refractivity contribution in [2.75, 3.05) is 0 Å². The summed E-state index contributed by atoms with van der Waals surface area (Å²) in [6.07, 6.45) is 1.82. The van der Waals surface area contributed by atoms with E-state index in [1.807, 2.05) is 30.5 Å². The monoisotopic (exact) mass is 1030 g/mol. The van der Waals surface area contributed by atoms with Gasteiger partial charge in [0.05, 0.1) is 0 Å². The normalized spacial score (nSPS) is 10.9. The van der Waals surface area contributed by atoms with E-state index in [1.54, 1.807) is 0 Å². The van der Waals surface area contributed by atoms with Gasteiger partial charge in [0.1, 0.15) is 0 Å². The molecule has 11 rings (SSSR count). The van der Waals surface area contributed by atoms with Crippen LogP contribution in [-0.4, -0.2) is 4.98 Å². The molecule has 1 heterocycles. The fourth-order valence-corrected chi connectivity index (χ4v) is 8.93. The van der Waals surface area contributed by atoms with Gasteiger partial charge in [-0.25, -0.2) is 0 Å². The smallest absolute Gasteiger partial charge is 0.0160 e. The molecule has 0 aliphatic carbocycles. The van der Waals surface area contributed by atoms with Crippen molar-refractivity contribution >= 4 is 0 Å². The Morgan fingerprint density at radius 2 is 0.493 bits per heavy atom. The zero-order valence-corrected chi connectivity index (χ0v) is 39.1. The van der Waals surface area contributed by atoms with Gasteiger partial charge in [-0.3, -0.25) is 0 Å². The Balaban J connectivity index is 0.00000525. The minimum Gasteiger partial charge on any atom is -0.305 e. The Morgan fingerprint density at radius 3 is 0.821 bits per heavy atom. The SMILES string of the molecule is [Ir].[c-]1ccc(-c2ccc(-c3ccc(-c4cccc(-c5cccc(-c6cccc(-c7cccc(-c8cccc(-c9cccc(-c%10ccccc%10)c9)c8)c7)c6)c5)c4)cc3)cc2)cc1-c1ccccn1. The van der Waals surface area contributed by atoms with Crippen LogP contribution < -0.4 is 0 Å². The van der Waals surface area contributed by atoms with Crippen molar-refractivity contribution < 1.29 is 20.1 Å². The third-order valence-corrected chi connectivity index (χ3v) is 12.5. The van der Waals surface area contributed by atoms with Crippen molar-refractivity contribution in [1.82, 2.24) is 4.98 Å². The fourth-order valence-electron chi connectivity index (χ4n) is 8.93. The summed E-state index contributed by atoms with van der Waals surface area (Å²) in [5.41, 5.74) is 23.4. The van der Waals surface area contributed by atoms with E-state index >= 15 is 0 Å². The average molecular weight is 1030 g/mol. The molecule has 2 heteroatoms. The first-order chi connectivity index (χ1) is 32.7. The van der Waals surface area contributed by atoms with E-state index in [-0.39, 0.29) is 20.1 Å². The van der Waals surface area contributed by atoms with E-state index in [0.29, 0.717) is 0 Å². The molecule has 11 aromatic rings. The third kappa shape index (κ3) is 9.55. The van der Waals surface area contributed by atoms with Gasteiger partial charge in [-0.15, -0.1) is 35.4 Å². The minimum atomic E-state index is 0. The fraction of sp³-hybridized carbons (Fsp3) is 0. The number of hydrogen-bond acceptors (Lipinski definition) is 1. The molecule has 0 saturated carbocycles. The molecule has 319 valence electrons. The standard InChI is InChI=1S/C65H44N.Ir/c1-2-13-46(14-3-1)51-15-6-18-54(39-51)56-20-8-22-58(41-56)60-24-10-26-62(43-60)63-27-11-25-61(44-63)59-23-9-21-57(42-59)55-19-7-16-52(40-55)49-34-30-47(31-35-49)48-32-36-50(37-33-48)53-17-12-28-64(45-53)65-29-4-5-38-66-65;/h1-27,29-45H;/q-1;. The minimum absolute atomic E-state index is 0. The molecule has 0 amide bonds. The van der Waals surface area contributed by atoms with E-state index in [9.17, 15) is 0 Å². The molecule has 0 aliphatic heterocycles. The summed E-state index contributed by atoms with van der Waals surface area (Å²) in [4.78, 5) is 4.50. The summed E-state index contributed by atoms with van der Waals surface area (Å²) in [7, 11) is 0. The molecule has 10 aromatic carbocycles. The summed E-state index contributed by atoms with van der Waals surface area (Å²) >= 11 is 0. The van der Waals surface area contributed by atoms with Crippen molar-refractivity contribution in [1.29, 1.82) is 0 Å². The average Bonchev–Trinajstić information content (AvgIpc) is 3.42. The zero-order valence-electron chi connectivity index (χ0n) is 36.7. The van der Waals surface area contributed by atoms with Crippen molar-refractivity contribution in [2.24, 2.45) is 0 Å². The predicted octanol–water partition coefficient (Wildman–Crippen LogP) is 17.5. The van der Waals surface area contributed by atoms with Gasteiger partial charge in [-0.1, -0.05) is 200 Å². The van der Waals surface area contributed by atoms with E-state index in [1.165, 1.54) is 94.6 Å². The summed E-state index contributed by atoms with van der Waals surface area (Å²) < 4.78 is 0. The Bertz CT molecular complexity index is 3450. The van der Waals surface area contributed by atoms with E-state index in [0.717, 1.165) is 16.8 Å². The quantitative estimate of drug-likeness (QED) is 0.124. The van der Waals surface area contributed by atoms with E-state index < -0.39 is 0 Å². The van der Waals surface area contributed by atoms with Crippen LogP contribution in [-0.2, 0) is 20.1 Å². The van der Waals surface area contributed by atoms with Crippen LogP contribution in [0.5, 0.6) is 0 Å². The van der Waals surface area contributed by atoms with Crippen LogP contribution in [0.25, 0.3) is 111 Å². The Kier molecular flexibility index (Phi) is 12.6. The molecule has 67 heavy (non-hydrogen) atoms. The van der Waals surface area contributed by atoms with E-state index in [2.05, 4.69) is 248 Å². The first-order valence-electron chi connectivity index (χ1n) is 22.5. The Hall–Kier alpha value is -8.00. The van der Waals surface area contributed by atoms with Crippen molar-refractivity contribution in [3.63, 3.8) is 0 Å². The molecule has 1 aromatic heterocycles. The number of pyridine rings is 1. The Labute approximate surface area is 407 Å². The third-order valence-electron chi connectivity index (χ3n) is 12.5. The van der Waals surface area contributed by atoms with Gasteiger partial charge in [0.15, 0.2) is 0 Å². The first-order valence-corrected chi connectivity index (χ1v) is 22.5. The summed E-state index contributed by atoms with van der Waals surface area (Å²) in [5.74, 6) is 0. The second-order valence-electron chi connectivity index (χ2n) is 16.7. The van der Waals surface area contributed by atoms with Gasteiger partial charge < -0.3 is 4.98 Å². The van der Waals surface area contributed by atoms with E-state index in [4.69, 9.17) is 0 Å². The van der Waals surface area contributed by atoms with Crippen LogP contribution in [0.15, 0.2) is 267 Å². The van der Waals surface area contributed by atoms with Gasteiger partial charge in [-0.05, 0) is 143 Å². The molecule has 1 nitrogen and oxygen atoms in total. The largest absolute Gasteiger partial charge is 0.305 e. The summed E-state index contributed by atoms with van der Waals surface area (Å²) in [5, 5.41) is 0. The molecule has 0 N–H and O–H groups in total. The molecule has 0 unspecified atom stereocenters. The molecule has 0 spiro atoms. The van der Waals surface area contributed by atoms with Crippen molar-refractivity contribution in [2.45, 2.75) is 0 Å². The van der Waals surface area contributed by atoms with Crippen molar-refractivity contribution in [3.05, 3.63) is 273 Å². The maximum Gasteiger partial charge on any atom is 0.0160 e. The maximum atomic E-state index is 4.50. The molecular weight excluding hydrogens is 987 g/mol. The number of hydrogen-bond donors (Lipinski definition) is 0. The topological polar surface area (TPSA) is 12.9 Å². The number of aromatic nitrogens is 1. The summed E-state index contributed by atoms with van der Waals surface area (Å²) in [6, 6.07) is 97.1. The molecule has 0 atom stereocenters. The molecule has 0 fully saturated rings. The second kappa shape index (κ2) is 19.6. The molecular formula is C65H44IrN-. The molecule has 0 saturated heterocycles. The van der Waals surface area contributed by atoms with Gasteiger partial charge >= 0.3 is 0 Å². The van der Waals surface area contributed by atoms with Gasteiger partial charge in [0.2, 0.25) is 0 Å². The summed E-state index contributed by atoms with van der Waals surface area (Å²) in [6.45, 7) is 0.